The van der Waals surface area contributed by atoms with E-state index < -0.39 is 28.5 Å². The molecule has 8 nitrogen and oxygen atoms in total. The van der Waals surface area contributed by atoms with Gasteiger partial charge >= 0.3 is 0 Å². The number of amides is 2. The molecule has 0 saturated carbocycles. The van der Waals surface area contributed by atoms with Gasteiger partial charge in [0.25, 0.3) is 0 Å². The molecule has 11 heteroatoms. The SMILES string of the molecule is CCCCNC(=O)[C@@H](C)N(Cc1cccc(Br)c1)C(=O)CN(c1ccc(OC)c(Cl)c1)S(C)(=O)=O. The van der Waals surface area contributed by atoms with E-state index in [0.717, 1.165) is 33.4 Å². The Labute approximate surface area is 220 Å². The monoisotopic (exact) mass is 587 g/mol. The zero-order valence-corrected chi connectivity index (χ0v) is 23.4. The summed E-state index contributed by atoms with van der Waals surface area (Å²) in [5, 5.41) is 3.05. The molecule has 0 fully saturated rings. The number of ether oxygens (including phenoxy) is 1. The van der Waals surface area contributed by atoms with Gasteiger partial charge < -0.3 is 15.0 Å². The smallest absolute Gasteiger partial charge is 0.244 e. The van der Waals surface area contributed by atoms with Gasteiger partial charge in [0.2, 0.25) is 21.8 Å². The molecular weight excluding hydrogens is 558 g/mol. The van der Waals surface area contributed by atoms with E-state index in [4.69, 9.17) is 16.3 Å². The molecule has 0 saturated heterocycles. The van der Waals surface area contributed by atoms with Gasteiger partial charge in [0.05, 0.1) is 24.1 Å². The highest BCUT2D eigenvalue weighted by Crippen LogP contribution is 2.30. The average Bonchev–Trinajstić information content (AvgIpc) is 2.79. The standard InChI is InChI=1S/C24H31BrClN3O5S/c1-5-6-12-27-24(31)17(2)28(15-18-8-7-9-19(25)13-18)23(30)16-29(35(4,32)33)20-10-11-22(34-3)21(26)14-20/h7-11,13-14,17H,5-6,12,15-16H2,1-4H3,(H,27,31)/t17-/m1/s1. The minimum Gasteiger partial charge on any atom is -0.495 e. The lowest BCUT2D eigenvalue weighted by atomic mass is 10.1. The van der Waals surface area contributed by atoms with E-state index in [9.17, 15) is 18.0 Å². The number of nitrogens with one attached hydrogen (secondary N) is 1. The van der Waals surface area contributed by atoms with Crippen molar-refractivity contribution in [3.63, 3.8) is 0 Å². The first kappa shape index (κ1) is 28.9. The maximum Gasteiger partial charge on any atom is 0.244 e. The molecule has 2 rings (SSSR count). The van der Waals surface area contributed by atoms with Crippen LogP contribution in [0.3, 0.4) is 0 Å². The van der Waals surface area contributed by atoms with Crippen LogP contribution in [0.5, 0.6) is 5.75 Å². The van der Waals surface area contributed by atoms with E-state index >= 15 is 0 Å². The van der Waals surface area contributed by atoms with E-state index in [1.807, 2.05) is 31.2 Å². The van der Waals surface area contributed by atoms with Gasteiger partial charge in [-0.1, -0.05) is 53.0 Å². The van der Waals surface area contributed by atoms with E-state index in [-0.39, 0.29) is 23.2 Å². The Kier molecular flexibility index (Phi) is 10.9. The zero-order valence-electron chi connectivity index (χ0n) is 20.3. The van der Waals surface area contributed by atoms with Crippen LogP contribution in [0.25, 0.3) is 0 Å². The molecule has 0 unspecified atom stereocenters. The van der Waals surface area contributed by atoms with Crippen LogP contribution in [0, 0.1) is 0 Å². The first-order valence-corrected chi connectivity index (χ1v) is 14.1. The third kappa shape index (κ3) is 8.40. The number of anilines is 1. The van der Waals surface area contributed by atoms with E-state index in [0.29, 0.717) is 12.3 Å². The molecule has 0 heterocycles. The Morgan fingerprint density at radius 2 is 1.91 bits per heavy atom. The zero-order chi connectivity index (χ0) is 26.2. The third-order valence-electron chi connectivity index (χ3n) is 5.34. The lowest BCUT2D eigenvalue weighted by Crippen LogP contribution is -2.51. The predicted octanol–water partition coefficient (Wildman–Crippen LogP) is 4.21. The Hall–Kier alpha value is -2.30. The maximum atomic E-state index is 13.5. The Balaban J connectivity index is 2.38. The molecule has 2 aromatic rings. The van der Waals surface area contributed by atoms with Crippen molar-refractivity contribution in [2.45, 2.75) is 39.3 Å². The molecule has 192 valence electrons. The van der Waals surface area contributed by atoms with Gasteiger partial charge in [-0.15, -0.1) is 0 Å². The van der Waals surface area contributed by atoms with Crippen molar-refractivity contribution in [1.29, 1.82) is 0 Å². The molecule has 0 spiro atoms. The highest BCUT2D eigenvalue weighted by Gasteiger charge is 2.30. The van der Waals surface area contributed by atoms with Gasteiger partial charge in [0.15, 0.2) is 0 Å². The fourth-order valence-corrected chi connectivity index (χ4v) is 4.91. The number of carbonyl (C=O) groups is 2. The van der Waals surface area contributed by atoms with Crippen LogP contribution in [-0.2, 0) is 26.2 Å². The number of nitrogens with zero attached hydrogens (tertiary/aromatic N) is 2. The molecule has 2 aromatic carbocycles. The van der Waals surface area contributed by atoms with Gasteiger partial charge in [-0.25, -0.2) is 8.42 Å². The normalized spacial score (nSPS) is 12.1. The fraction of sp³-hybridized carbons (Fsp3) is 0.417. The summed E-state index contributed by atoms with van der Waals surface area (Å²) in [6.45, 7) is 3.78. The summed E-state index contributed by atoms with van der Waals surface area (Å²) in [4.78, 5) is 27.7. The average molecular weight is 589 g/mol. The highest BCUT2D eigenvalue weighted by atomic mass is 79.9. The molecular formula is C24H31BrClN3O5S. The first-order chi connectivity index (χ1) is 16.5. The van der Waals surface area contributed by atoms with Gasteiger partial charge in [0, 0.05) is 17.6 Å². The topological polar surface area (TPSA) is 96.0 Å². The molecule has 2 amide bonds. The molecule has 0 bridgehead atoms. The second-order valence-corrected chi connectivity index (χ2v) is 11.3. The molecule has 0 aliphatic heterocycles. The molecule has 1 atom stereocenters. The number of benzene rings is 2. The van der Waals surface area contributed by atoms with E-state index in [1.165, 1.54) is 30.2 Å². The second-order valence-electron chi connectivity index (χ2n) is 8.06. The quantitative estimate of drug-likeness (QED) is 0.375. The Bertz CT molecular complexity index is 1150. The third-order valence-corrected chi connectivity index (χ3v) is 7.27. The summed E-state index contributed by atoms with van der Waals surface area (Å²) < 4.78 is 32.2. The van der Waals surface area contributed by atoms with Crippen LogP contribution >= 0.6 is 27.5 Å². The molecule has 35 heavy (non-hydrogen) atoms. The van der Waals surface area contributed by atoms with Crippen molar-refractivity contribution in [2.75, 3.05) is 30.8 Å². The van der Waals surface area contributed by atoms with Crippen molar-refractivity contribution in [2.24, 2.45) is 0 Å². The van der Waals surface area contributed by atoms with Crippen molar-refractivity contribution in [3.8, 4) is 5.75 Å². The van der Waals surface area contributed by atoms with Crippen LogP contribution in [-0.4, -0.2) is 57.6 Å². The molecule has 0 radical (unpaired) electrons. The maximum absolute atomic E-state index is 13.5. The summed E-state index contributed by atoms with van der Waals surface area (Å²) in [5.41, 5.74) is 1.01. The molecule has 0 aliphatic rings. The minimum atomic E-state index is -3.85. The van der Waals surface area contributed by atoms with E-state index in [1.54, 1.807) is 6.92 Å². The summed E-state index contributed by atoms with van der Waals surface area (Å²) in [6, 6.07) is 11.0. The molecule has 1 N–H and O–H groups in total. The highest BCUT2D eigenvalue weighted by molar-refractivity contribution is 9.10. The van der Waals surface area contributed by atoms with Crippen LogP contribution in [0.4, 0.5) is 5.69 Å². The summed E-state index contributed by atoms with van der Waals surface area (Å²) in [7, 11) is -2.40. The number of carbonyl (C=O) groups excluding carboxylic acids is 2. The molecule has 0 aromatic heterocycles. The number of hydrogen-bond acceptors (Lipinski definition) is 5. The van der Waals surface area contributed by atoms with Crippen molar-refractivity contribution in [1.82, 2.24) is 10.2 Å². The van der Waals surface area contributed by atoms with Gasteiger partial charge in [-0.2, -0.15) is 0 Å². The number of sulfonamides is 1. The minimum absolute atomic E-state index is 0.127. The number of rotatable bonds is 12. The summed E-state index contributed by atoms with van der Waals surface area (Å²) in [5.74, 6) is -0.454. The number of unbranched alkanes of at least 4 members (excludes halogenated alkanes) is 1. The van der Waals surface area contributed by atoms with Crippen molar-refractivity contribution >= 4 is 55.1 Å². The molecule has 0 aliphatic carbocycles. The number of halogens is 2. The van der Waals surface area contributed by atoms with Gasteiger partial charge in [0.1, 0.15) is 18.3 Å². The summed E-state index contributed by atoms with van der Waals surface area (Å²) >= 11 is 9.62. The van der Waals surface area contributed by atoms with Crippen molar-refractivity contribution in [3.05, 3.63) is 57.5 Å². The Morgan fingerprint density at radius 1 is 1.20 bits per heavy atom. The summed E-state index contributed by atoms with van der Waals surface area (Å²) in [6.07, 6.45) is 2.75. The van der Waals surface area contributed by atoms with Crippen LogP contribution in [0.2, 0.25) is 5.02 Å². The lowest BCUT2D eigenvalue weighted by molar-refractivity contribution is -0.139. The fourth-order valence-electron chi connectivity index (χ4n) is 3.37. The van der Waals surface area contributed by atoms with Gasteiger partial charge in [-0.05, 0) is 49.2 Å². The van der Waals surface area contributed by atoms with Crippen LogP contribution < -0.4 is 14.4 Å². The largest absolute Gasteiger partial charge is 0.495 e. The lowest BCUT2D eigenvalue weighted by Gasteiger charge is -2.31. The Morgan fingerprint density at radius 3 is 2.49 bits per heavy atom. The van der Waals surface area contributed by atoms with Crippen LogP contribution in [0.1, 0.15) is 32.3 Å². The number of methoxy groups -OCH3 is 1. The van der Waals surface area contributed by atoms with Crippen molar-refractivity contribution < 1.29 is 22.7 Å². The van der Waals surface area contributed by atoms with Gasteiger partial charge in [-0.3, -0.25) is 13.9 Å². The first-order valence-electron chi connectivity index (χ1n) is 11.1. The number of hydrogen-bond donors (Lipinski definition) is 1. The second kappa shape index (κ2) is 13.1. The predicted molar refractivity (Wildman–Crippen MR) is 142 cm³/mol. The van der Waals surface area contributed by atoms with E-state index in [2.05, 4.69) is 21.2 Å². The van der Waals surface area contributed by atoms with Crippen LogP contribution in [0.15, 0.2) is 46.9 Å².